The SMILES string of the molecule is CC1NNC(C)C1S(=O)(=O)N1CCc2ccc(S(N)(=O)=O)cc2C1. The van der Waals surface area contributed by atoms with Crippen molar-refractivity contribution in [2.75, 3.05) is 6.54 Å². The van der Waals surface area contributed by atoms with Crippen molar-refractivity contribution in [1.29, 1.82) is 0 Å². The molecule has 1 fully saturated rings. The number of hydrazine groups is 1. The first-order valence-electron chi connectivity index (χ1n) is 7.75. The molecule has 2 heterocycles. The Balaban J connectivity index is 1.92. The van der Waals surface area contributed by atoms with Gasteiger partial charge in [0.15, 0.2) is 0 Å². The Morgan fingerprint density at radius 2 is 1.71 bits per heavy atom. The van der Waals surface area contributed by atoms with E-state index in [1.807, 2.05) is 13.8 Å². The number of sulfonamides is 2. The van der Waals surface area contributed by atoms with E-state index in [-0.39, 0.29) is 23.5 Å². The van der Waals surface area contributed by atoms with Gasteiger partial charge in [-0.05, 0) is 43.5 Å². The van der Waals surface area contributed by atoms with Gasteiger partial charge in [0.1, 0.15) is 5.25 Å². The molecule has 3 rings (SSSR count). The van der Waals surface area contributed by atoms with Gasteiger partial charge in [-0.15, -0.1) is 0 Å². The summed E-state index contributed by atoms with van der Waals surface area (Å²) in [6.07, 6.45) is 0.551. The molecule has 0 saturated carbocycles. The van der Waals surface area contributed by atoms with E-state index in [2.05, 4.69) is 10.9 Å². The Bertz CT molecular complexity index is 844. The van der Waals surface area contributed by atoms with E-state index in [0.29, 0.717) is 18.5 Å². The van der Waals surface area contributed by atoms with Gasteiger partial charge in [-0.1, -0.05) is 6.07 Å². The van der Waals surface area contributed by atoms with Gasteiger partial charge in [0, 0.05) is 25.2 Å². The molecule has 0 aromatic heterocycles. The summed E-state index contributed by atoms with van der Waals surface area (Å²) >= 11 is 0. The molecule has 2 unspecified atom stereocenters. The molecular weight excluding hydrogens is 352 g/mol. The molecule has 1 saturated heterocycles. The molecule has 2 atom stereocenters. The van der Waals surface area contributed by atoms with Crippen LogP contribution in [0.4, 0.5) is 0 Å². The molecule has 10 heteroatoms. The van der Waals surface area contributed by atoms with Crippen LogP contribution in [0.1, 0.15) is 25.0 Å². The van der Waals surface area contributed by atoms with E-state index in [1.54, 1.807) is 6.07 Å². The van der Waals surface area contributed by atoms with Gasteiger partial charge < -0.3 is 0 Å². The van der Waals surface area contributed by atoms with Crippen molar-refractivity contribution in [2.24, 2.45) is 5.14 Å². The number of benzene rings is 1. The molecule has 2 aliphatic rings. The van der Waals surface area contributed by atoms with E-state index >= 15 is 0 Å². The lowest BCUT2D eigenvalue weighted by Gasteiger charge is -2.32. The topological polar surface area (TPSA) is 122 Å². The molecule has 24 heavy (non-hydrogen) atoms. The van der Waals surface area contributed by atoms with Crippen LogP contribution in [0, 0.1) is 0 Å². The third-order valence-electron chi connectivity index (χ3n) is 4.71. The van der Waals surface area contributed by atoms with Gasteiger partial charge in [-0.3, -0.25) is 10.9 Å². The summed E-state index contributed by atoms with van der Waals surface area (Å²) in [5.74, 6) is 0. The van der Waals surface area contributed by atoms with Crippen molar-refractivity contribution in [1.82, 2.24) is 15.2 Å². The van der Waals surface area contributed by atoms with Crippen LogP contribution in [0.3, 0.4) is 0 Å². The minimum atomic E-state index is -3.81. The maximum atomic E-state index is 13.0. The monoisotopic (exact) mass is 374 g/mol. The highest BCUT2D eigenvalue weighted by atomic mass is 32.2. The zero-order chi connectivity index (χ0) is 17.7. The lowest BCUT2D eigenvalue weighted by molar-refractivity contribution is 0.379. The highest BCUT2D eigenvalue weighted by molar-refractivity contribution is 7.90. The first-order valence-corrected chi connectivity index (χ1v) is 10.8. The second-order valence-corrected chi connectivity index (χ2v) is 10.1. The van der Waals surface area contributed by atoms with Crippen molar-refractivity contribution >= 4 is 20.0 Å². The highest BCUT2D eigenvalue weighted by Gasteiger charge is 2.44. The summed E-state index contributed by atoms with van der Waals surface area (Å²) in [4.78, 5) is 0.00596. The molecular formula is C14H22N4O4S2. The van der Waals surface area contributed by atoms with Crippen LogP contribution in [0.25, 0.3) is 0 Å². The largest absolute Gasteiger partial charge is 0.253 e. The first kappa shape index (κ1) is 17.8. The maximum Gasteiger partial charge on any atom is 0.238 e. The number of rotatable bonds is 3. The van der Waals surface area contributed by atoms with Crippen molar-refractivity contribution in [3.63, 3.8) is 0 Å². The second kappa shape index (κ2) is 6.04. The molecule has 0 radical (unpaired) electrons. The lowest BCUT2D eigenvalue weighted by Crippen LogP contribution is -2.48. The number of hydrogen-bond acceptors (Lipinski definition) is 6. The summed E-state index contributed by atoms with van der Waals surface area (Å²) < 4.78 is 50.5. The van der Waals surface area contributed by atoms with E-state index in [4.69, 9.17) is 5.14 Å². The summed E-state index contributed by atoms with van der Waals surface area (Å²) in [5.41, 5.74) is 7.57. The summed E-state index contributed by atoms with van der Waals surface area (Å²) in [7, 11) is -7.33. The summed E-state index contributed by atoms with van der Waals surface area (Å²) in [6.45, 7) is 4.21. The van der Waals surface area contributed by atoms with Gasteiger partial charge in [0.05, 0.1) is 4.90 Å². The fourth-order valence-corrected chi connectivity index (χ4v) is 6.19. The normalized spacial score (nSPS) is 28.7. The fourth-order valence-electron chi connectivity index (χ4n) is 3.45. The van der Waals surface area contributed by atoms with Gasteiger partial charge >= 0.3 is 0 Å². The standard InChI is InChI=1S/C14H22N4O4S2/c1-9-14(10(2)17-16-9)24(21,22)18-6-5-11-3-4-13(23(15,19)20)7-12(11)8-18/h3-4,7,9-10,14,16-17H,5-6,8H2,1-2H3,(H2,15,19,20). The Morgan fingerprint density at radius 1 is 1.08 bits per heavy atom. The molecule has 0 aliphatic carbocycles. The van der Waals surface area contributed by atoms with Gasteiger partial charge in [-0.25, -0.2) is 22.0 Å². The Morgan fingerprint density at radius 3 is 2.29 bits per heavy atom. The number of nitrogens with zero attached hydrogens (tertiary/aromatic N) is 1. The number of primary sulfonamides is 1. The predicted octanol–water partition coefficient (Wildman–Crippen LogP) is -0.725. The molecule has 0 bridgehead atoms. The zero-order valence-corrected chi connectivity index (χ0v) is 15.2. The molecule has 2 aliphatic heterocycles. The van der Waals surface area contributed by atoms with Crippen molar-refractivity contribution in [3.05, 3.63) is 29.3 Å². The van der Waals surface area contributed by atoms with Crippen LogP contribution in [0.2, 0.25) is 0 Å². The highest BCUT2D eigenvalue weighted by Crippen LogP contribution is 2.27. The van der Waals surface area contributed by atoms with E-state index in [0.717, 1.165) is 5.56 Å². The molecule has 134 valence electrons. The summed E-state index contributed by atoms with van der Waals surface area (Å²) in [6, 6.07) is 4.24. The fraction of sp³-hybridized carbons (Fsp3) is 0.571. The van der Waals surface area contributed by atoms with E-state index in [9.17, 15) is 16.8 Å². The number of hydrogen-bond donors (Lipinski definition) is 3. The van der Waals surface area contributed by atoms with Crippen LogP contribution in [-0.2, 0) is 33.0 Å². The van der Waals surface area contributed by atoms with Crippen LogP contribution in [0.15, 0.2) is 23.1 Å². The van der Waals surface area contributed by atoms with Crippen molar-refractivity contribution in [3.8, 4) is 0 Å². The van der Waals surface area contributed by atoms with E-state index in [1.165, 1.54) is 16.4 Å². The van der Waals surface area contributed by atoms with Crippen LogP contribution in [0.5, 0.6) is 0 Å². The third-order valence-corrected chi connectivity index (χ3v) is 8.16. The molecule has 1 aromatic carbocycles. The Kier molecular flexibility index (Phi) is 4.47. The molecule has 0 spiro atoms. The lowest BCUT2D eigenvalue weighted by atomic mass is 10.0. The first-order chi connectivity index (χ1) is 11.1. The van der Waals surface area contributed by atoms with Crippen molar-refractivity contribution < 1.29 is 16.8 Å². The maximum absolute atomic E-state index is 13.0. The van der Waals surface area contributed by atoms with Crippen LogP contribution >= 0.6 is 0 Å². The Hall–Kier alpha value is -1.04. The molecule has 0 amide bonds. The minimum Gasteiger partial charge on any atom is -0.253 e. The minimum absolute atomic E-state index is 0.00596. The average molecular weight is 374 g/mol. The number of nitrogens with two attached hydrogens (primary N) is 1. The predicted molar refractivity (Wildman–Crippen MR) is 89.8 cm³/mol. The van der Waals surface area contributed by atoms with E-state index < -0.39 is 25.3 Å². The van der Waals surface area contributed by atoms with Crippen molar-refractivity contribution in [2.45, 2.75) is 49.0 Å². The Labute approximate surface area is 142 Å². The number of nitrogens with one attached hydrogen (secondary N) is 2. The van der Waals surface area contributed by atoms with Crippen LogP contribution < -0.4 is 16.0 Å². The molecule has 4 N–H and O–H groups in total. The molecule has 8 nitrogen and oxygen atoms in total. The second-order valence-electron chi connectivity index (χ2n) is 6.43. The quantitative estimate of drug-likeness (QED) is 0.642. The molecule has 1 aromatic rings. The van der Waals surface area contributed by atoms with Crippen LogP contribution in [-0.4, -0.2) is 45.0 Å². The van der Waals surface area contributed by atoms with Gasteiger partial charge in [-0.2, -0.15) is 4.31 Å². The third kappa shape index (κ3) is 3.09. The average Bonchev–Trinajstić information content (AvgIpc) is 2.84. The van der Waals surface area contributed by atoms with Gasteiger partial charge in [0.2, 0.25) is 20.0 Å². The smallest absolute Gasteiger partial charge is 0.238 e. The zero-order valence-electron chi connectivity index (χ0n) is 13.6. The summed E-state index contributed by atoms with van der Waals surface area (Å²) in [5, 5.41) is 4.60. The number of fused-ring (bicyclic) bond motifs is 1. The van der Waals surface area contributed by atoms with Gasteiger partial charge in [0.25, 0.3) is 0 Å².